The van der Waals surface area contributed by atoms with Crippen molar-refractivity contribution in [1.82, 2.24) is 0 Å². The molecule has 272 valence electrons. The largest absolute Gasteiger partial charge is 0.394 e. The Morgan fingerprint density at radius 2 is 0.826 bits per heavy atom. The summed E-state index contributed by atoms with van der Waals surface area (Å²) in [6.07, 6.45) is -28.5. The third kappa shape index (κ3) is 8.28. The summed E-state index contributed by atoms with van der Waals surface area (Å²) < 4.78 is 30.4. The van der Waals surface area contributed by atoms with E-state index in [1.165, 1.54) is 0 Å². The number of hydrogen-bond donors (Lipinski definition) is 16. The molecule has 0 unspecified atom stereocenters. The first kappa shape index (κ1) is 39.6. The van der Waals surface area contributed by atoms with E-state index in [1.807, 2.05) is 0 Å². The molecule has 4 heterocycles. The van der Waals surface area contributed by atoms with Crippen molar-refractivity contribution in [3.05, 3.63) is 0 Å². The fourth-order valence-electron chi connectivity index (χ4n) is 5.02. The topological polar surface area (TPSA) is 379 Å². The SMILES string of the molecule is OC[C@H]1O[C@H](O[C@H]2O[C@H](CO)[C@@H](O)[C@H](O)[C@H]2O)[C@H](O)[C@@H](O)[C@@H]1O.OC[C@H]1O[C@H](O[C@H]2[C@H](O)[C@H](O)CO[C@@]2(O)CO)[C@H](O)[C@@H](O)[C@@H]1O. The van der Waals surface area contributed by atoms with Crippen LogP contribution < -0.4 is 0 Å². The highest BCUT2D eigenvalue weighted by atomic mass is 16.8. The van der Waals surface area contributed by atoms with Crippen LogP contribution in [-0.4, -0.2) is 231 Å². The molecule has 0 bridgehead atoms. The van der Waals surface area contributed by atoms with E-state index < -0.39 is 149 Å². The third-order valence-electron chi connectivity index (χ3n) is 7.97. The molecule has 0 aromatic carbocycles. The molecule has 19 atom stereocenters. The number of rotatable bonds is 8. The quantitative estimate of drug-likeness (QED) is 0.113. The molecule has 0 radical (unpaired) electrons. The number of hydrogen-bond acceptors (Lipinski definition) is 22. The third-order valence-corrected chi connectivity index (χ3v) is 7.97. The summed E-state index contributed by atoms with van der Waals surface area (Å²) in [6, 6.07) is 0. The summed E-state index contributed by atoms with van der Waals surface area (Å²) in [5.74, 6) is -2.38. The smallest absolute Gasteiger partial charge is 0.219 e. The molecule has 4 fully saturated rings. The fraction of sp³-hybridized carbons (Fsp3) is 1.00. The van der Waals surface area contributed by atoms with Crippen LogP contribution in [-0.2, 0) is 28.4 Å². The lowest BCUT2D eigenvalue weighted by Gasteiger charge is -2.47. The van der Waals surface area contributed by atoms with Gasteiger partial charge in [-0.25, -0.2) is 0 Å². The summed E-state index contributed by atoms with van der Waals surface area (Å²) in [4.78, 5) is 0. The van der Waals surface area contributed by atoms with Gasteiger partial charge in [0, 0.05) is 0 Å². The van der Waals surface area contributed by atoms with Gasteiger partial charge in [0.1, 0.15) is 91.6 Å². The van der Waals surface area contributed by atoms with Gasteiger partial charge in [-0.2, -0.15) is 0 Å². The molecule has 4 aliphatic heterocycles. The van der Waals surface area contributed by atoms with E-state index in [0.717, 1.165) is 0 Å². The van der Waals surface area contributed by atoms with Crippen molar-refractivity contribution in [1.29, 1.82) is 0 Å². The minimum Gasteiger partial charge on any atom is -0.394 e. The standard InChI is InChI=1S/2C12H22O11/c13-1-5-7(17)8(18)9(19)11(22-5)23-10-6(16)4(15)2-21-12(10,20)3-14;13-1-3-5(15)7(17)9(19)11(21-3)23-12-10(20)8(18)6(16)4(2-14)22-12/h4-11,13-20H,1-3H2;3-20H,1-2H2/t4-,5-,6-,7-,8+,9-,10+,11-,12+;3-,4-,5-,6-,7+,8+,9-,10-,11-,12-/m11/s1. The average Bonchev–Trinajstić information content (AvgIpc) is 3.05. The summed E-state index contributed by atoms with van der Waals surface area (Å²) >= 11 is 0. The van der Waals surface area contributed by atoms with Gasteiger partial charge in [0.05, 0.1) is 33.0 Å². The Morgan fingerprint density at radius 1 is 0.478 bits per heavy atom. The monoisotopic (exact) mass is 684 g/mol. The number of aliphatic hydroxyl groups is 16. The maximum atomic E-state index is 10.1. The van der Waals surface area contributed by atoms with E-state index in [2.05, 4.69) is 0 Å². The molecule has 4 saturated heterocycles. The lowest BCUT2D eigenvalue weighted by atomic mass is 9.96. The second-order valence-electron chi connectivity index (χ2n) is 11.2. The van der Waals surface area contributed by atoms with E-state index in [0.29, 0.717) is 0 Å². The maximum Gasteiger partial charge on any atom is 0.219 e. The fourth-order valence-corrected chi connectivity index (χ4v) is 5.02. The van der Waals surface area contributed by atoms with Crippen molar-refractivity contribution in [3.8, 4) is 0 Å². The molecule has 0 aromatic heterocycles. The molecule has 4 aliphatic rings. The average molecular weight is 685 g/mol. The first-order chi connectivity index (χ1) is 21.6. The van der Waals surface area contributed by atoms with Gasteiger partial charge in [0.25, 0.3) is 0 Å². The van der Waals surface area contributed by atoms with Crippen molar-refractivity contribution in [3.63, 3.8) is 0 Å². The zero-order valence-corrected chi connectivity index (χ0v) is 24.0. The predicted octanol–water partition coefficient (Wildman–Crippen LogP) is -10.8. The molecule has 22 nitrogen and oxygen atoms in total. The van der Waals surface area contributed by atoms with Crippen LogP contribution in [0.25, 0.3) is 0 Å². The van der Waals surface area contributed by atoms with E-state index in [4.69, 9.17) is 43.7 Å². The Balaban J connectivity index is 0.000000250. The lowest BCUT2D eigenvalue weighted by molar-refractivity contribution is -0.387. The van der Waals surface area contributed by atoms with Crippen LogP contribution in [0.3, 0.4) is 0 Å². The van der Waals surface area contributed by atoms with Crippen molar-refractivity contribution < 1.29 is 110 Å². The Bertz CT molecular complexity index is 879. The summed E-state index contributed by atoms with van der Waals surface area (Å²) in [5, 5.41) is 154. The second kappa shape index (κ2) is 16.7. The van der Waals surface area contributed by atoms with Gasteiger partial charge in [-0.15, -0.1) is 0 Å². The van der Waals surface area contributed by atoms with Gasteiger partial charge >= 0.3 is 0 Å². The minimum absolute atomic E-state index is 0.466. The molecule has 46 heavy (non-hydrogen) atoms. The molecule has 0 amide bonds. The molecular weight excluding hydrogens is 640 g/mol. The zero-order chi connectivity index (χ0) is 34.7. The molecular formula is C24H44O22. The normalized spacial score (nSPS) is 51.7. The molecule has 0 saturated carbocycles. The van der Waals surface area contributed by atoms with E-state index >= 15 is 0 Å². The predicted molar refractivity (Wildman–Crippen MR) is 137 cm³/mol. The van der Waals surface area contributed by atoms with Crippen molar-refractivity contribution in [2.24, 2.45) is 0 Å². The van der Waals surface area contributed by atoms with Gasteiger partial charge in [-0.1, -0.05) is 0 Å². The van der Waals surface area contributed by atoms with E-state index in [-0.39, 0.29) is 0 Å². The van der Waals surface area contributed by atoms with Crippen LogP contribution in [0.2, 0.25) is 0 Å². The van der Waals surface area contributed by atoms with E-state index in [1.54, 1.807) is 0 Å². The Labute approximate surface area is 260 Å². The molecule has 4 rings (SSSR count). The van der Waals surface area contributed by atoms with Crippen molar-refractivity contribution in [2.45, 2.75) is 116 Å². The Hall–Kier alpha value is -0.880. The van der Waals surface area contributed by atoms with Gasteiger partial charge in [0.2, 0.25) is 5.79 Å². The van der Waals surface area contributed by atoms with Crippen LogP contribution in [0.1, 0.15) is 0 Å². The molecule has 16 N–H and O–H groups in total. The zero-order valence-electron chi connectivity index (χ0n) is 24.0. The van der Waals surface area contributed by atoms with Crippen LogP contribution >= 0.6 is 0 Å². The van der Waals surface area contributed by atoms with Crippen LogP contribution in [0.4, 0.5) is 0 Å². The molecule has 0 aliphatic carbocycles. The summed E-state index contributed by atoms with van der Waals surface area (Å²) in [7, 11) is 0. The molecule has 22 heteroatoms. The molecule has 0 spiro atoms. The highest BCUT2D eigenvalue weighted by Crippen LogP contribution is 2.31. The van der Waals surface area contributed by atoms with E-state index in [9.17, 15) is 66.4 Å². The second-order valence-corrected chi connectivity index (χ2v) is 11.2. The number of ether oxygens (including phenoxy) is 6. The summed E-state index contributed by atoms with van der Waals surface area (Å²) in [6.45, 7) is -3.48. The van der Waals surface area contributed by atoms with Gasteiger partial charge in [-0.05, 0) is 0 Å². The van der Waals surface area contributed by atoms with Crippen LogP contribution in [0.5, 0.6) is 0 Å². The minimum atomic E-state index is -2.38. The molecule has 0 aromatic rings. The van der Waals surface area contributed by atoms with Crippen molar-refractivity contribution in [2.75, 3.05) is 33.0 Å². The first-order valence-corrected chi connectivity index (χ1v) is 14.1. The lowest BCUT2D eigenvalue weighted by Crippen LogP contribution is -2.67. The van der Waals surface area contributed by atoms with Gasteiger partial charge in [0.15, 0.2) is 18.9 Å². The van der Waals surface area contributed by atoms with Crippen LogP contribution in [0, 0.1) is 0 Å². The maximum absolute atomic E-state index is 10.1. The highest BCUT2D eigenvalue weighted by Gasteiger charge is 2.54. The van der Waals surface area contributed by atoms with Gasteiger partial charge in [-0.3, -0.25) is 0 Å². The highest BCUT2D eigenvalue weighted by molar-refractivity contribution is 4.96. The summed E-state index contributed by atoms with van der Waals surface area (Å²) in [5.41, 5.74) is 0. The first-order valence-electron chi connectivity index (χ1n) is 14.1. The van der Waals surface area contributed by atoms with Crippen molar-refractivity contribution >= 4 is 0 Å². The Morgan fingerprint density at radius 3 is 1.15 bits per heavy atom. The number of aliphatic hydroxyl groups excluding tert-OH is 15. The van der Waals surface area contributed by atoms with Crippen LogP contribution in [0.15, 0.2) is 0 Å². The van der Waals surface area contributed by atoms with Gasteiger partial charge < -0.3 is 110 Å². The Kier molecular flexibility index (Phi) is 14.3.